The van der Waals surface area contributed by atoms with Gasteiger partial charge in [0.25, 0.3) is 11.6 Å². The molecule has 0 saturated heterocycles. The van der Waals surface area contributed by atoms with Gasteiger partial charge in [-0.15, -0.1) is 0 Å². The van der Waals surface area contributed by atoms with E-state index in [9.17, 15) is 19.7 Å². The Labute approximate surface area is 167 Å². The lowest BCUT2D eigenvalue weighted by Gasteiger charge is -2.14. The number of nitro groups is 1. The van der Waals surface area contributed by atoms with E-state index in [-0.39, 0.29) is 30.2 Å². The number of carbonyl (C=O) groups is 2. The Morgan fingerprint density at radius 2 is 1.93 bits per heavy atom. The van der Waals surface area contributed by atoms with Gasteiger partial charge in [-0.3, -0.25) is 19.7 Å². The highest BCUT2D eigenvalue weighted by atomic mass is 16.6. The van der Waals surface area contributed by atoms with E-state index in [1.54, 1.807) is 6.07 Å². The first-order chi connectivity index (χ1) is 13.8. The summed E-state index contributed by atoms with van der Waals surface area (Å²) in [6.45, 7) is 3.37. The first-order valence-corrected chi connectivity index (χ1v) is 8.83. The predicted octanol–water partition coefficient (Wildman–Crippen LogP) is 3.25. The molecule has 1 N–H and O–H groups in total. The third kappa shape index (κ3) is 6.20. The largest absolute Gasteiger partial charge is 0.496 e. The maximum absolute atomic E-state index is 12.2. The molecule has 0 saturated carbocycles. The van der Waals surface area contributed by atoms with Crippen LogP contribution in [0.25, 0.3) is 0 Å². The van der Waals surface area contributed by atoms with Crippen LogP contribution >= 0.6 is 0 Å². The number of rotatable bonds is 9. The summed E-state index contributed by atoms with van der Waals surface area (Å²) in [5, 5.41) is 13.6. The van der Waals surface area contributed by atoms with Crippen molar-refractivity contribution in [2.45, 2.75) is 26.4 Å². The minimum absolute atomic E-state index is 0.0217. The molecule has 0 unspecified atom stereocenters. The third-order valence-electron chi connectivity index (χ3n) is 3.99. The second-order valence-electron chi connectivity index (χ2n) is 6.13. The number of aryl methyl sites for hydroxylation is 1. The van der Waals surface area contributed by atoms with Gasteiger partial charge < -0.3 is 19.5 Å². The second-order valence-corrected chi connectivity index (χ2v) is 6.13. The molecule has 2 aromatic carbocycles. The van der Waals surface area contributed by atoms with E-state index in [0.717, 1.165) is 5.56 Å². The number of ether oxygens (including phenoxy) is 3. The molecule has 154 valence electrons. The van der Waals surface area contributed by atoms with Crippen molar-refractivity contribution in [1.29, 1.82) is 0 Å². The average Bonchev–Trinajstić information content (AvgIpc) is 2.69. The van der Waals surface area contributed by atoms with E-state index in [4.69, 9.17) is 14.2 Å². The number of carbonyl (C=O) groups excluding carboxylic acids is 2. The number of hydrogen-bond donors (Lipinski definition) is 1. The lowest BCUT2D eigenvalue weighted by molar-refractivity contribution is -0.384. The Hall–Kier alpha value is -3.62. The average molecular weight is 402 g/mol. The van der Waals surface area contributed by atoms with Crippen LogP contribution in [0.4, 0.5) is 11.4 Å². The molecule has 0 fully saturated rings. The van der Waals surface area contributed by atoms with Gasteiger partial charge in [-0.1, -0.05) is 18.2 Å². The van der Waals surface area contributed by atoms with E-state index in [1.807, 2.05) is 25.1 Å². The summed E-state index contributed by atoms with van der Waals surface area (Å²) in [5.74, 6) is -0.363. The van der Waals surface area contributed by atoms with Crippen LogP contribution in [0.5, 0.6) is 11.5 Å². The Morgan fingerprint density at radius 1 is 1.21 bits per heavy atom. The zero-order valence-corrected chi connectivity index (χ0v) is 16.3. The fourth-order valence-electron chi connectivity index (χ4n) is 2.40. The van der Waals surface area contributed by atoms with Crippen LogP contribution in [-0.4, -0.2) is 36.6 Å². The van der Waals surface area contributed by atoms with Crippen LogP contribution in [-0.2, 0) is 14.3 Å². The van der Waals surface area contributed by atoms with Gasteiger partial charge in [0.15, 0.2) is 6.10 Å². The number of methoxy groups -OCH3 is 1. The summed E-state index contributed by atoms with van der Waals surface area (Å²) in [5.41, 5.74) is 0.587. The molecule has 1 amide bonds. The molecule has 0 aliphatic carbocycles. The Morgan fingerprint density at radius 3 is 2.59 bits per heavy atom. The molecule has 2 aromatic rings. The van der Waals surface area contributed by atoms with Crippen LogP contribution in [0.1, 0.15) is 18.9 Å². The molecular formula is C20H22N2O7. The van der Waals surface area contributed by atoms with Crippen molar-refractivity contribution in [2.75, 3.05) is 19.0 Å². The normalized spacial score (nSPS) is 11.3. The van der Waals surface area contributed by atoms with Gasteiger partial charge in [0.1, 0.15) is 17.2 Å². The van der Waals surface area contributed by atoms with Crippen molar-refractivity contribution < 1.29 is 28.7 Å². The highest BCUT2D eigenvalue weighted by Gasteiger charge is 2.22. The summed E-state index contributed by atoms with van der Waals surface area (Å²) >= 11 is 0. The Balaban J connectivity index is 1.88. The first-order valence-electron chi connectivity index (χ1n) is 8.83. The Bertz CT molecular complexity index is 898. The van der Waals surface area contributed by atoms with E-state index in [0.29, 0.717) is 5.75 Å². The standard InChI is InChI=1S/C20H22N2O7/c1-13-6-4-5-7-18(13)28-11-10-19(23)29-14(2)20(24)21-16-9-8-15(27-3)12-17(16)22(25)26/h4-9,12,14H,10-11H2,1-3H3,(H,21,24)/t14-/m0/s1. The van der Waals surface area contributed by atoms with Crippen molar-refractivity contribution in [2.24, 2.45) is 0 Å². The van der Waals surface area contributed by atoms with Crippen LogP contribution < -0.4 is 14.8 Å². The zero-order chi connectivity index (χ0) is 21.4. The molecule has 9 nitrogen and oxygen atoms in total. The molecule has 0 aliphatic heterocycles. The number of esters is 1. The van der Waals surface area contributed by atoms with Crippen LogP contribution in [0.15, 0.2) is 42.5 Å². The number of para-hydroxylation sites is 1. The summed E-state index contributed by atoms with van der Waals surface area (Å²) in [7, 11) is 1.38. The van der Waals surface area contributed by atoms with Crippen molar-refractivity contribution >= 4 is 23.3 Å². The van der Waals surface area contributed by atoms with Gasteiger partial charge in [-0.25, -0.2) is 0 Å². The van der Waals surface area contributed by atoms with E-state index < -0.39 is 22.9 Å². The molecule has 29 heavy (non-hydrogen) atoms. The van der Waals surface area contributed by atoms with Gasteiger partial charge in [-0.2, -0.15) is 0 Å². The number of nitrogens with zero attached hydrogens (tertiary/aromatic N) is 1. The smallest absolute Gasteiger partial charge is 0.310 e. The molecule has 0 radical (unpaired) electrons. The van der Waals surface area contributed by atoms with E-state index in [1.165, 1.54) is 32.2 Å². The molecular weight excluding hydrogens is 380 g/mol. The molecule has 1 atom stereocenters. The Kier molecular flexibility index (Phi) is 7.53. The molecule has 2 rings (SSSR count). The summed E-state index contributed by atoms with van der Waals surface area (Å²) in [6, 6.07) is 11.4. The molecule has 0 spiro atoms. The monoisotopic (exact) mass is 402 g/mol. The van der Waals surface area contributed by atoms with Gasteiger partial charge in [0.05, 0.1) is 31.1 Å². The van der Waals surface area contributed by atoms with Crippen LogP contribution in [0.3, 0.4) is 0 Å². The lowest BCUT2D eigenvalue weighted by atomic mass is 10.2. The van der Waals surface area contributed by atoms with Crippen molar-refractivity contribution in [3.63, 3.8) is 0 Å². The minimum Gasteiger partial charge on any atom is -0.496 e. The maximum Gasteiger partial charge on any atom is 0.310 e. The molecule has 0 bridgehead atoms. The van der Waals surface area contributed by atoms with Gasteiger partial charge >= 0.3 is 5.97 Å². The molecule has 0 aliphatic rings. The first kappa shape index (κ1) is 21.7. The topological polar surface area (TPSA) is 117 Å². The highest BCUT2D eigenvalue weighted by Crippen LogP contribution is 2.29. The van der Waals surface area contributed by atoms with Gasteiger partial charge in [-0.05, 0) is 37.6 Å². The number of nitrogens with one attached hydrogen (secondary N) is 1. The van der Waals surface area contributed by atoms with E-state index >= 15 is 0 Å². The minimum atomic E-state index is -1.14. The fraction of sp³-hybridized carbons (Fsp3) is 0.300. The van der Waals surface area contributed by atoms with Crippen molar-refractivity contribution in [3.05, 3.63) is 58.1 Å². The maximum atomic E-state index is 12.2. The summed E-state index contributed by atoms with van der Waals surface area (Å²) in [6.07, 6.45) is -1.18. The fourth-order valence-corrected chi connectivity index (χ4v) is 2.40. The summed E-state index contributed by atoms with van der Waals surface area (Å²) in [4.78, 5) is 34.7. The molecule has 0 aromatic heterocycles. The zero-order valence-electron chi connectivity index (χ0n) is 16.3. The number of benzene rings is 2. The van der Waals surface area contributed by atoms with E-state index in [2.05, 4.69) is 5.32 Å². The van der Waals surface area contributed by atoms with Crippen LogP contribution in [0, 0.1) is 17.0 Å². The van der Waals surface area contributed by atoms with Gasteiger partial charge in [0.2, 0.25) is 0 Å². The number of nitro benzene ring substituents is 1. The second kappa shape index (κ2) is 10.1. The van der Waals surface area contributed by atoms with Crippen LogP contribution in [0.2, 0.25) is 0 Å². The third-order valence-corrected chi connectivity index (χ3v) is 3.99. The number of anilines is 1. The predicted molar refractivity (Wildman–Crippen MR) is 105 cm³/mol. The molecule has 9 heteroatoms. The molecule has 0 heterocycles. The quantitative estimate of drug-likeness (QED) is 0.389. The summed E-state index contributed by atoms with van der Waals surface area (Å²) < 4.78 is 15.5. The number of amides is 1. The van der Waals surface area contributed by atoms with Crippen molar-refractivity contribution in [1.82, 2.24) is 0 Å². The SMILES string of the molecule is COc1ccc(NC(=O)[C@H](C)OC(=O)CCOc2ccccc2C)c([N+](=O)[O-])c1. The lowest BCUT2D eigenvalue weighted by Crippen LogP contribution is -2.30. The number of hydrogen-bond acceptors (Lipinski definition) is 7. The van der Waals surface area contributed by atoms with Gasteiger partial charge in [0, 0.05) is 0 Å². The van der Waals surface area contributed by atoms with Crippen molar-refractivity contribution in [3.8, 4) is 11.5 Å². The highest BCUT2D eigenvalue weighted by molar-refractivity contribution is 5.97.